The molecular formula is C76H116N10O16. The molecule has 102 heavy (non-hydrogen) atoms. The molecule has 3 amide bonds. The lowest BCUT2D eigenvalue weighted by molar-refractivity contribution is -0.265. The first kappa shape index (κ1) is 81.1. The molecule has 1 saturated carbocycles. The number of piperazine rings is 2. The fourth-order valence-corrected chi connectivity index (χ4v) is 15.1. The molecule has 566 valence electrons. The van der Waals surface area contributed by atoms with Gasteiger partial charge in [-0.25, -0.2) is 29.5 Å². The van der Waals surface area contributed by atoms with Gasteiger partial charge in [-0.1, -0.05) is 71.1 Å². The van der Waals surface area contributed by atoms with Gasteiger partial charge in [0, 0.05) is 161 Å². The zero-order valence-electron chi connectivity index (χ0n) is 62.5. The molecule has 7 heterocycles. The van der Waals surface area contributed by atoms with Crippen molar-refractivity contribution >= 4 is 47.3 Å². The zero-order valence-corrected chi connectivity index (χ0v) is 62.5. The largest absolute Gasteiger partial charge is 0.460 e. The number of ether oxygens (including phenoxy) is 8. The van der Waals surface area contributed by atoms with E-state index in [1.165, 1.54) is 12.0 Å². The summed E-state index contributed by atoms with van der Waals surface area (Å²) in [7, 11) is 6.16. The number of carbonyl (C=O) groups excluding carboxylic acids is 6. The molecule has 0 unspecified atom stereocenters. The number of amides is 3. The topological polar surface area (TPSA) is 297 Å². The predicted molar refractivity (Wildman–Crippen MR) is 384 cm³/mol. The van der Waals surface area contributed by atoms with Crippen LogP contribution in [-0.2, 0) is 68.4 Å². The number of carbonyl (C=O) groups is 6. The average molecular weight is 1430 g/mol. The maximum atomic E-state index is 14.9. The van der Waals surface area contributed by atoms with Crippen LogP contribution in [0.3, 0.4) is 0 Å². The molecule has 5 aliphatic heterocycles. The number of esters is 1. The number of Topliss-reactive ketones (excluding diaryl/α,β-unsaturated/α-hetero) is 2. The van der Waals surface area contributed by atoms with Crippen molar-refractivity contribution in [2.24, 2.45) is 35.5 Å². The Hall–Kier alpha value is -6.62. The molecule has 2 aromatic rings. The Kier molecular flexibility index (Phi) is 31.4. The summed E-state index contributed by atoms with van der Waals surface area (Å²) in [6, 6.07) is -1.14. The molecule has 0 spiro atoms. The Bertz CT molecular complexity index is 3160. The number of hydrogen-bond acceptors (Lipinski definition) is 23. The first-order valence-electron chi connectivity index (χ1n) is 37.0. The van der Waals surface area contributed by atoms with Gasteiger partial charge in [0.05, 0.1) is 44.1 Å². The second kappa shape index (κ2) is 39.5. The molecule has 16 atom stereocenters. The Morgan fingerprint density at radius 2 is 1.39 bits per heavy atom. The lowest BCUT2D eigenvalue weighted by Crippen LogP contribution is -2.61. The number of piperidine rings is 1. The highest BCUT2D eigenvalue weighted by atomic mass is 16.6. The second-order valence-corrected chi connectivity index (χ2v) is 29.2. The maximum Gasteiger partial charge on any atom is 0.407 e. The summed E-state index contributed by atoms with van der Waals surface area (Å²) >= 11 is 0. The number of aryl methyl sites for hydroxylation is 1. The minimum atomic E-state index is -2.45. The third-order valence-corrected chi connectivity index (χ3v) is 21.6. The number of cyclic esters (lactones) is 1. The van der Waals surface area contributed by atoms with E-state index in [4.69, 9.17) is 37.9 Å². The number of methoxy groups -OCH3 is 4. The van der Waals surface area contributed by atoms with Crippen LogP contribution in [0, 0.1) is 42.4 Å². The fourth-order valence-electron chi connectivity index (χ4n) is 15.1. The molecule has 2 aromatic heterocycles. The summed E-state index contributed by atoms with van der Waals surface area (Å²) in [5.41, 5.74) is 3.10. The van der Waals surface area contributed by atoms with Crippen LogP contribution < -0.4 is 15.1 Å². The van der Waals surface area contributed by atoms with Crippen molar-refractivity contribution in [3.63, 3.8) is 0 Å². The quantitative estimate of drug-likeness (QED) is 0.0569. The lowest BCUT2D eigenvalue weighted by Gasteiger charge is -2.43. The second-order valence-electron chi connectivity index (χ2n) is 29.2. The molecule has 4 saturated heterocycles. The predicted octanol–water partition coefficient (Wildman–Crippen LogP) is 7.33. The molecule has 6 aliphatic rings. The number of rotatable bonds is 18. The van der Waals surface area contributed by atoms with E-state index in [-0.39, 0.29) is 61.3 Å². The number of aliphatic hydroxyl groups excluding tert-OH is 1. The SMILES string of the molecule is CO[C@H]1C[C@@H]2CC[C@@H](C)[C@@](O)(O2)C(=O)C(=O)N2CCCC[C@H]2C(=O)O[C@H]([C@H](C)C[C@@H]2CC[C@@H](OC(=O)NCc3cnc(N4CCN(C(=O)CCOCCN5CCN(c6ncc(C)cn6)CC5)CC4)nc3)[C@H](OC)C2)C[C@@H](OC)[C@H](C)/C=C(\C)[C@@H](O)[C@@H](OC)C(=O)[C@H](C)C[C@H](C)/C=C/C=C/C=C/1C. The van der Waals surface area contributed by atoms with Crippen molar-refractivity contribution in [1.82, 2.24) is 40.0 Å². The van der Waals surface area contributed by atoms with Gasteiger partial charge in [-0.15, -0.1) is 0 Å². The van der Waals surface area contributed by atoms with Crippen LogP contribution in [0.4, 0.5) is 16.7 Å². The third kappa shape index (κ3) is 22.5. The number of fused-ring (bicyclic) bond motifs is 3. The number of alkyl carbamates (subject to hydrolysis) is 1. The number of nitrogens with one attached hydrogen (secondary N) is 1. The van der Waals surface area contributed by atoms with Crippen LogP contribution >= 0.6 is 0 Å². The van der Waals surface area contributed by atoms with E-state index in [9.17, 15) is 39.0 Å². The molecule has 26 heteroatoms. The van der Waals surface area contributed by atoms with Gasteiger partial charge in [-0.3, -0.25) is 24.1 Å². The van der Waals surface area contributed by atoms with Crippen LogP contribution in [0.25, 0.3) is 0 Å². The van der Waals surface area contributed by atoms with E-state index in [1.807, 2.05) is 100 Å². The Labute approximate surface area is 603 Å². The molecule has 1 aliphatic carbocycles. The van der Waals surface area contributed by atoms with E-state index in [0.29, 0.717) is 127 Å². The van der Waals surface area contributed by atoms with Gasteiger partial charge in [0.15, 0.2) is 5.78 Å². The van der Waals surface area contributed by atoms with Crippen LogP contribution in [0.15, 0.2) is 72.4 Å². The van der Waals surface area contributed by atoms with Crippen molar-refractivity contribution in [2.45, 2.75) is 206 Å². The Morgan fingerprint density at radius 1 is 0.716 bits per heavy atom. The van der Waals surface area contributed by atoms with Gasteiger partial charge in [0.25, 0.3) is 11.7 Å². The van der Waals surface area contributed by atoms with Crippen LogP contribution in [-0.4, -0.2) is 248 Å². The Balaban J connectivity index is 0.860. The number of ketones is 2. The monoisotopic (exact) mass is 1420 g/mol. The fraction of sp³-hybridized carbons (Fsp3) is 0.711. The summed E-state index contributed by atoms with van der Waals surface area (Å²) in [6.45, 7) is 22.8. The van der Waals surface area contributed by atoms with Crippen molar-refractivity contribution in [1.29, 1.82) is 0 Å². The highest BCUT2D eigenvalue weighted by Crippen LogP contribution is 2.39. The van der Waals surface area contributed by atoms with Gasteiger partial charge in [0.1, 0.15) is 30.5 Å². The molecule has 3 N–H and O–H groups in total. The van der Waals surface area contributed by atoms with E-state index in [1.54, 1.807) is 47.6 Å². The molecule has 0 radical (unpaired) electrons. The van der Waals surface area contributed by atoms with E-state index < -0.39 is 96.2 Å². The minimum Gasteiger partial charge on any atom is -0.460 e. The summed E-state index contributed by atoms with van der Waals surface area (Å²) in [5.74, 6) is -5.96. The maximum absolute atomic E-state index is 14.9. The summed E-state index contributed by atoms with van der Waals surface area (Å²) in [4.78, 5) is 112. The average Bonchev–Trinajstić information content (AvgIpc) is 0.773. The van der Waals surface area contributed by atoms with E-state index in [0.717, 1.165) is 49.8 Å². The highest BCUT2D eigenvalue weighted by molar-refractivity contribution is 6.39. The number of anilines is 2. The van der Waals surface area contributed by atoms with Crippen molar-refractivity contribution in [2.75, 3.05) is 117 Å². The number of hydrogen-bond donors (Lipinski definition) is 3. The van der Waals surface area contributed by atoms with Crippen molar-refractivity contribution in [3.8, 4) is 0 Å². The minimum absolute atomic E-state index is 0.0129. The zero-order chi connectivity index (χ0) is 73.6. The lowest BCUT2D eigenvalue weighted by atomic mass is 9.78. The third-order valence-electron chi connectivity index (χ3n) is 21.6. The van der Waals surface area contributed by atoms with Gasteiger partial charge >= 0.3 is 12.1 Å². The number of allylic oxidation sites excluding steroid dienone is 5. The molecule has 5 fully saturated rings. The molecule has 8 rings (SSSR count). The van der Waals surface area contributed by atoms with Crippen molar-refractivity contribution in [3.05, 3.63) is 83.5 Å². The van der Waals surface area contributed by atoms with Gasteiger partial charge in [-0.05, 0) is 119 Å². The van der Waals surface area contributed by atoms with Gasteiger partial charge in [0.2, 0.25) is 23.6 Å². The number of aliphatic hydroxyl groups is 2. The number of nitrogens with zero attached hydrogens (tertiary/aromatic N) is 9. The van der Waals surface area contributed by atoms with Gasteiger partial charge < -0.3 is 73.0 Å². The van der Waals surface area contributed by atoms with Crippen LogP contribution in [0.2, 0.25) is 0 Å². The summed E-state index contributed by atoms with van der Waals surface area (Å²) < 4.78 is 48.6. The molecule has 0 aromatic carbocycles. The first-order valence-corrected chi connectivity index (χ1v) is 37.0. The van der Waals surface area contributed by atoms with E-state index >= 15 is 0 Å². The molecule has 2 bridgehead atoms. The number of aromatic nitrogens is 4. The van der Waals surface area contributed by atoms with Crippen molar-refractivity contribution < 1.29 is 76.9 Å². The smallest absolute Gasteiger partial charge is 0.407 e. The molecular weight excluding hydrogens is 1310 g/mol. The first-order chi connectivity index (χ1) is 48.9. The van der Waals surface area contributed by atoms with Crippen LogP contribution in [0.5, 0.6) is 0 Å². The van der Waals surface area contributed by atoms with Crippen LogP contribution in [0.1, 0.15) is 143 Å². The Morgan fingerprint density at radius 3 is 2.06 bits per heavy atom. The van der Waals surface area contributed by atoms with Gasteiger partial charge in [-0.2, -0.15) is 0 Å². The normalized spacial score (nSPS) is 32.6. The summed E-state index contributed by atoms with van der Waals surface area (Å²) in [6.07, 6.45) is 17.9. The van der Waals surface area contributed by atoms with E-state index in [2.05, 4.69) is 35.1 Å². The highest BCUT2D eigenvalue weighted by Gasteiger charge is 2.53. The molecule has 26 nitrogen and oxygen atoms in total. The summed E-state index contributed by atoms with van der Waals surface area (Å²) in [5, 5.41) is 26.8. The standard InChI is InChI=1S/C76H116N10O16/c1-49-18-14-13-15-19-51(3)62(95-9)42-59-23-21-56(8)76(94,102-59)70(90)71(91)86-26-17-16-20-60(86)72(92)100-64(43-63(96-10)52(4)39-55(7)68(89)69(98-12)67(88)54(6)38-49)53(5)40-57-22-24-61(65(41-57)97-11)101-75(93)81-48-58-46-79-74(80-47-58)85-33-31-83(32-34-85)66(87)25-36-99-37-35-82-27-29-84(30-28-82)73-77-44-50(2)45-78-73/h13-15,18-19,39,44-47,49,52-54,56-57,59-65,68-69,89,94H,16-17,20-38,40-43,48H2,1-12H3,(H,81,93)/b15-13+,18-14+,51-19+,55-39+/t49-,52-,53-,54-,56-,57+,59+,60+,61-,62+,63-,64+,65-,68-,69+,76-/m1/s1.